The largest absolute Gasteiger partial charge is 0.320 e. The molecule has 0 spiro atoms. The minimum atomic E-state index is -0.257. The van der Waals surface area contributed by atoms with Crippen LogP contribution in [0.1, 0.15) is 23.9 Å². The second kappa shape index (κ2) is 6.75. The van der Waals surface area contributed by atoms with E-state index in [9.17, 15) is 9.59 Å². The van der Waals surface area contributed by atoms with Gasteiger partial charge in [0.1, 0.15) is 5.69 Å². The van der Waals surface area contributed by atoms with Gasteiger partial charge in [0, 0.05) is 16.1 Å². The molecule has 0 atom stereocenters. The van der Waals surface area contributed by atoms with Crippen molar-refractivity contribution >= 4 is 39.5 Å². The van der Waals surface area contributed by atoms with E-state index in [0.717, 1.165) is 17.7 Å². The van der Waals surface area contributed by atoms with E-state index in [0.29, 0.717) is 15.7 Å². The summed E-state index contributed by atoms with van der Waals surface area (Å²) in [6, 6.07) is 7.04. The van der Waals surface area contributed by atoms with E-state index in [2.05, 4.69) is 10.3 Å². The Morgan fingerprint density at radius 3 is 2.71 bits per heavy atom. The Morgan fingerprint density at radius 2 is 2.04 bits per heavy atom. The van der Waals surface area contributed by atoms with E-state index in [4.69, 9.17) is 11.6 Å². The van der Waals surface area contributed by atoms with E-state index < -0.39 is 0 Å². The Bertz CT molecular complexity index is 960. The molecule has 24 heavy (non-hydrogen) atoms. The van der Waals surface area contributed by atoms with Crippen LogP contribution in [0.15, 0.2) is 34.4 Å². The molecule has 0 saturated carbocycles. The van der Waals surface area contributed by atoms with Crippen molar-refractivity contribution in [2.75, 3.05) is 5.32 Å². The molecule has 0 unspecified atom stereocenters. The molecule has 0 radical (unpaired) electrons. The van der Waals surface area contributed by atoms with E-state index in [1.54, 1.807) is 35.6 Å². The monoisotopic (exact) mass is 361 g/mol. The average molecular weight is 362 g/mol. The molecule has 2 heterocycles. The Hall–Kier alpha value is -2.18. The molecule has 0 aliphatic carbocycles. The highest BCUT2D eigenvalue weighted by Gasteiger charge is 2.15. The number of anilines is 1. The lowest BCUT2D eigenvalue weighted by Gasteiger charge is -2.09. The summed E-state index contributed by atoms with van der Waals surface area (Å²) in [5, 5.41) is 5.25. The molecule has 0 saturated heterocycles. The zero-order valence-corrected chi connectivity index (χ0v) is 14.9. The van der Waals surface area contributed by atoms with Crippen molar-refractivity contribution in [1.82, 2.24) is 9.38 Å². The number of amides is 1. The topological polar surface area (TPSA) is 63.5 Å². The van der Waals surface area contributed by atoms with Gasteiger partial charge in [-0.25, -0.2) is 4.98 Å². The van der Waals surface area contributed by atoms with Crippen LogP contribution in [0.25, 0.3) is 4.96 Å². The van der Waals surface area contributed by atoms with Crippen LogP contribution in [-0.4, -0.2) is 15.3 Å². The predicted molar refractivity (Wildman–Crippen MR) is 97.2 cm³/mol. The fraction of sp³-hybridized carbons (Fsp3) is 0.235. The molecule has 0 bridgehead atoms. The van der Waals surface area contributed by atoms with Crippen LogP contribution in [0, 0.1) is 6.92 Å². The zero-order valence-electron chi connectivity index (χ0n) is 13.3. The third-order valence-electron chi connectivity index (χ3n) is 3.73. The highest BCUT2D eigenvalue weighted by atomic mass is 35.5. The molecule has 1 N–H and O–H groups in total. The lowest BCUT2D eigenvalue weighted by Crippen LogP contribution is -2.26. The number of aryl methyl sites for hydroxylation is 2. The highest BCUT2D eigenvalue weighted by molar-refractivity contribution is 7.15. The van der Waals surface area contributed by atoms with Crippen molar-refractivity contribution in [3.8, 4) is 0 Å². The smallest absolute Gasteiger partial charge is 0.282 e. The molecule has 2 aromatic heterocycles. The number of benzene rings is 1. The summed E-state index contributed by atoms with van der Waals surface area (Å²) >= 11 is 7.27. The van der Waals surface area contributed by atoms with E-state index in [1.165, 1.54) is 11.3 Å². The molecule has 1 amide bonds. The standard InChI is InChI=1S/C17H16ClN3O2S/c1-3-13-9-24-17-19-10(2)15(16(23)21(13)17)20-14(22)8-11-4-6-12(18)7-5-11/h4-7,9H,3,8H2,1-2H3,(H,20,22). The van der Waals surface area contributed by atoms with Gasteiger partial charge in [0.15, 0.2) is 4.96 Å². The van der Waals surface area contributed by atoms with Crippen molar-refractivity contribution in [1.29, 1.82) is 0 Å². The van der Waals surface area contributed by atoms with Gasteiger partial charge in [-0.3, -0.25) is 14.0 Å². The van der Waals surface area contributed by atoms with Gasteiger partial charge in [-0.15, -0.1) is 11.3 Å². The number of rotatable bonds is 4. The number of carbonyl (C=O) groups is 1. The third kappa shape index (κ3) is 3.20. The normalized spacial score (nSPS) is 11.0. The van der Waals surface area contributed by atoms with Crippen LogP contribution in [0.4, 0.5) is 5.69 Å². The van der Waals surface area contributed by atoms with E-state index in [1.807, 2.05) is 12.3 Å². The van der Waals surface area contributed by atoms with Gasteiger partial charge in [0.25, 0.3) is 5.56 Å². The molecule has 0 fully saturated rings. The Morgan fingerprint density at radius 1 is 1.33 bits per heavy atom. The van der Waals surface area contributed by atoms with Crippen molar-refractivity contribution < 1.29 is 4.79 Å². The molecule has 7 heteroatoms. The van der Waals surface area contributed by atoms with Gasteiger partial charge in [-0.05, 0) is 31.0 Å². The third-order valence-corrected chi connectivity index (χ3v) is 4.85. The first-order valence-corrected chi connectivity index (χ1v) is 8.79. The number of halogens is 1. The molecular formula is C17H16ClN3O2S. The van der Waals surface area contributed by atoms with E-state index >= 15 is 0 Å². The summed E-state index contributed by atoms with van der Waals surface area (Å²) in [6.07, 6.45) is 0.895. The molecular weight excluding hydrogens is 346 g/mol. The van der Waals surface area contributed by atoms with Crippen LogP contribution >= 0.6 is 22.9 Å². The quantitative estimate of drug-likeness (QED) is 0.774. The molecule has 3 aromatic rings. The lowest BCUT2D eigenvalue weighted by atomic mass is 10.1. The molecule has 124 valence electrons. The molecule has 1 aromatic carbocycles. The van der Waals surface area contributed by atoms with Gasteiger partial charge in [0.05, 0.1) is 12.1 Å². The number of carbonyl (C=O) groups excluding carboxylic acids is 1. The SMILES string of the molecule is CCc1csc2nc(C)c(NC(=O)Cc3ccc(Cl)cc3)c(=O)n12. The van der Waals surface area contributed by atoms with Gasteiger partial charge >= 0.3 is 0 Å². The predicted octanol–water partition coefficient (Wildman–Crippen LogP) is 3.46. The number of nitrogens with one attached hydrogen (secondary N) is 1. The molecule has 0 aliphatic rings. The Kier molecular flexibility index (Phi) is 4.69. The molecule has 3 rings (SSSR count). The van der Waals surface area contributed by atoms with Crippen molar-refractivity contribution in [3.63, 3.8) is 0 Å². The van der Waals surface area contributed by atoms with E-state index in [-0.39, 0.29) is 23.6 Å². The minimum absolute atomic E-state index is 0.170. The summed E-state index contributed by atoms with van der Waals surface area (Å²) in [4.78, 5) is 30.1. The van der Waals surface area contributed by atoms with Crippen molar-refractivity contribution in [3.05, 3.63) is 62.0 Å². The second-order valence-electron chi connectivity index (χ2n) is 5.43. The molecule has 5 nitrogen and oxygen atoms in total. The van der Waals surface area contributed by atoms with Gasteiger partial charge < -0.3 is 5.32 Å². The van der Waals surface area contributed by atoms with Crippen LogP contribution in [0.2, 0.25) is 5.02 Å². The van der Waals surface area contributed by atoms with Crippen molar-refractivity contribution in [2.45, 2.75) is 26.7 Å². The number of hydrogen-bond acceptors (Lipinski definition) is 4. The minimum Gasteiger partial charge on any atom is -0.320 e. The number of thiazole rings is 1. The Labute approximate surface area is 147 Å². The van der Waals surface area contributed by atoms with Crippen LogP contribution < -0.4 is 10.9 Å². The average Bonchev–Trinajstić information content (AvgIpc) is 2.96. The fourth-order valence-corrected chi connectivity index (χ4v) is 3.60. The maximum absolute atomic E-state index is 12.7. The number of fused-ring (bicyclic) bond motifs is 1. The van der Waals surface area contributed by atoms with Crippen molar-refractivity contribution in [2.24, 2.45) is 0 Å². The summed E-state index contributed by atoms with van der Waals surface area (Å²) in [5.74, 6) is -0.257. The summed E-state index contributed by atoms with van der Waals surface area (Å²) in [5.41, 5.74) is 2.24. The maximum Gasteiger partial charge on any atom is 0.282 e. The van der Waals surface area contributed by atoms with Gasteiger partial charge in [-0.2, -0.15) is 0 Å². The number of nitrogens with zero attached hydrogens (tertiary/aromatic N) is 2. The summed E-state index contributed by atoms with van der Waals surface area (Å²) in [6.45, 7) is 3.71. The Balaban J connectivity index is 1.90. The number of aromatic nitrogens is 2. The first kappa shape index (κ1) is 16.7. The summed E-state index contributed by atoms with van der Waals surface area (Å²) in [7, 11) is 0. The first-order chi connectivity index (χ1) is 11.5. The van der Waals surface area contributed by atoms with Crippen LogP contribution in [0.5, 0.6) is 0 Å². The second-order valence-corrected chi connectivity index (χ2v) is 6.70. The van der Waals surface area contributed by atoms with Crippen LogP contribution in [0.3, 0.4) is 0 Å². The number of hydrogen-bond donors (Lipinski definition) is 1. The van der Waals surface area contributed by atoms with Gasteiger partial charge in [0.2, 0.25) is 5.91 Å². The fourth-order valence-electron chi connectivity index (χ4n) is 2.47. The molecule has 0 aliphatic heterocycles. The van der Waals surface area contributed by atoms with Crippen LogP contribution in [-0.2, 0) is 17.6 Å². The summed E-state index contributed by atoms with van der Waals surface area (Å²) < 4.78 is 1.57. The highest BCUT2D eigenvalue weighted by Crippen LogP contribution is 2.17. The zero-order chi connectivity index (χ0) is 17.3. The maximum atomic E-state index is 12.7. The lowest BCUT2D eigenvalue weighted by molar-refractivity contribution is -0.115. The first-order valence-electron chi connectivity index (χ1n) is 7.53. The van der Waals surface area contributed by atoms with Gasteiger partial charge in [-0.1, -0.05) is 30.7 Å².